The molecule has 2 N–H and O–H groups in total. The molecule has 132 valence electrons. The summed E-state index contributed by atoms with van der Waals surface area (Å²) in [6.45, 7) is 1.26. The molecule has 25 heavy (non-hydrogen) atoms. The summed E-state index contributed by atoms with van der Waals surface area (Å²) in [5, 5.41) is 13.1. The number of hydrogen-bond acceptors (Lipinski definition) is 5. The van der Waals surface area contributed by atoms with E-state index in [9.17, 15) is 9.90 Å². The highest BCUT2D eigenvalue weighted by molar-refractivity contribution is 5.93. The molecule has 1 aliphatic carbocycles. The Morgan fingerprint density at radius 3 is 3.08 bits per heavy atom. The number of anilines is 1. The third-order valence-electron chi connectivity index (χ3n) is 6.89. The number of aliphatic hydroxyl groups excluding tert-OH is 1. The molecule has 1 aromatic carbocycles. The summed E-state index contributed by atoms with van der Waals surface area (Å²) in [5.74, 6) is 0.252. The number of hydrogen-bond donors (Lipinski definition) is 2. The van der Waals surface area contributed by atoms with E-state index in [0.717, 1.165) is 49.2 Å². The minimum absolute atomic E-state index is 0.118. The predicted octanol–water partition coefficient (Wildman–Crippen LogP) is 2.03. The molecule has 0 aromatic heterocycles. The van der Waals surface area contributed by atoms with Gasteiger partial charge < -0.3 is 15.2 Å². The summed E-state index contributed by atoms with van der Waals surface area (Å²) in [7, 11) is 1.47. The first-order chi connectivity index (χ1) is 12.2. The van der Waals surface area contributed by atoms with Gasteiger partial charge in [-0.25, -0.2) is 4.79 Å². The van der Waals surface area contributed by atoms with Gasteiger partial charge in [0.15, 0.2) is 0 Å². The molecule has 0 saturated carbocycles. The van der Waals surface area contributed by atoms with E-state index in [1.807, 2.05) is 6.07 Å². The van der Waals surface area contributed by atoms with Crippen LogP contribution < -0.4 is 5.32 Å². The minimum atomic E-state index is -0.197. The van der Waals surface area contributed by atoms with Crippen LogP contribution in [0.1, 0.15) is 31.2 Å². The molecule has 4 aliphatic rings. The number of rotatable bonds is 3. The van der Waals surface area contributed by atoms with E-state index in [-0.39, 0.29) is 18.0 Å². The molecule has 5 heteroatoms. The molecule has 0 bridgehead atoms. The second-order valence-corrected chi connectivity index (χ2v) is 7.79. The molecule has 2 saturated heterocycles. The molecule has 4 atom stereocenters. The standard InChI is InChI=1S/C20H24N2O3/c1-25-19(24)14-11-12-10-13(6-9-23)22-8-7-20(18(12)22)15-4-2-3-5-16(15)21-17(14)20/h2-5,12-13,18,21,23H,6-11H2,1H3. The van der Waals surface area contributed by atoms with Crippen molar-refractivity contribution in [2.45, 2.75) is 43.2 Å². The van der Waals surface area contributed by atoms with Crippen LogP contribution in [-0.4, -0.2) is 48.3 Å². The fraction of sp³-hybridized carbons (Fsp3) is 0.550. The number of benzene rings is 1. The van der Waals surface area contributed by atoms with Gasteiger partial charge in [0, 0.05) is 36.6 Å². The number of nitrogens with zero attached hydrogens (tertiary/aromatic N) is 1. The first-order valence-corrected chi connectivity index (χ1v) is 9.25. The van der Waals surface area contributed by atoms with Crippen molar-refractivity contribution in [2.24, 2.45) is 5.92 Å². The van der Waals surface area contributed by atoms with Gasteiger partial charge in [0.2, 0.25) is 0 Å². The van der Waals surface area contributed by atoms with Gasteiger partial charge >= 0.3 is 5.97 Å². The average molecular weight is 340 g/mol. The van der Waals surface area contributed by atoms with Crippen LogP contribution in [0.25, 0.3) is 0 Å². The van der Waals surface area contributed by atoms with Crippen LogP contribution in [0.3, 0.4) is 0 Å². The van der Waals surface area contributed by atoms with Gasteiger partial charge in [-0.05, 0) is 43.2 Å². The lowest BCUT2D eigenvalue weighted by Gasteiger charge is -2.41. The van der Waals surface area contributed by atoms with E-state index in [4.69, 9.17) is 4.74 Å². The van der Waals surface area contributed by atoms with Crippen molar-refractivity contribution in [3.8, 4) is 0 Å². The summed E-state index contributed by atoms with van der Waals surface area (Å²) < 4.78 is 5.13. The molecule has 4 unspecified atom stereocenters. The summed E-state index contributed by atoms with van der Waals surface area (Å²) in [5.41, 5.74) is 4.24. The molecule has 5 nitrogen and oxygen atoms in total. The number of nitrogens with one attached hydrogen (secondary N) is 1. The van der Waals surface area contributed by atoms with Gasteiger partial charge in [0.25, 0.3) is 0 Å². The van der Waals surface area contributed by atoms with Crippen LogP contribution in [-0.2, 0) is 14.9 Å². The third-order valence-corrected chi connectivity index (χ3v) is 6.89. The second-order valence-electron chi connectivity index (χ2n) is 7.79. The fourth-order valence-electron chi connectivity index (χ4n) is 6.15. The van der Waals surface area contributed by atoms with Crippen molar-refractivity contribution in [2.75, 3.05) is 25.6 Å². The number of methoxy groups -OCH3 is 1. The largest absolute Gasteiger partial charge is 0.466 e. The lowest BCUT2D eigenvalue weighted by molar-refractivity contribution is -0.136. The Kier molecular flexibility index (Phi) is 3.28. The van der Waals surface area contributed by atoms with Crippen molar-refractivity contribution in [3.05, 3.63) is 41.1 Å². The van der Waals surface area contributed by atoms with Crippen molar-refractivity contribution >= 4 is 11.7 Å². The Hall–Kier alpha value is -1.85. The number of carbonyl (C=O) groups excluding carboxylic acids is 1. The van der Waals surface area contributed by atoms with Crippen molar-refractivity contribution in [1.29, 1.82) is 0 Å². The quantitative estimate of drug-likeness (QED) is 0.825. The highest BCUT2D eigenvalue weighted by Gasteiger charge is 2.64. The first kappa shape index (κ1) is 15.4. The molecular formula is C20H24N2O3. The molecule has 1 spiro atoms. The summed E-state index contributed by atoms with van der Waals surface area (Å²) in [6, 6.07) is 9.32. The van der Waals surface area contributed by atoms with Crippen LogP contribution in [0.2, 0.25) is 0 Å². The number of carbonyl (C=O) groups is 1. The number of para-hydroxylation sites is 1. The van der Waals surface area contributed by atoms with Crippen LogP contribution in [0.4, 0.5) is 5.69 Å². The number of ether oxygens (including phenoxy) is 1. The zero-order valence-corrected chi connectivity index (χ0v) is 14.5. The second kappa shape index (κ2) is 5.32. The van der Waals surface area contributed by atoms with Gasteiger partial charge in [-0.3, -0.25) is 4.90 Å². The molecule has 3 heterocycles. The predicted molar refractivity (Wildman–Crippen MR) is 94.1 cm³/mol. The molecule has 3 aliphatic heterocycles. The summed E-state index contributed by atoms with van der Waals surface area (Å²) >= 11 is 0. The van der Waals surface area contributed by atoms with Gasteiger partial charge in [-0.15, -0.1) is 0 Å². The maximum absolute atomic E-state index is 12.6. The van der Waals surface area contributed by atoms with E-state index < -0.39 is 0 Å². The molecule has 5 rings (SSSR count). The number of fused-ring (bicyclic) bond motifs is 1. The van der Waals surface area contributed by atoms with Gasteiger partial charge in [-0.2, -0.15) is 0 Å². The zero-order valence-electron chi connectivity index (χ0n) is 14.5. The maximum atomic E-state index is 12.6. The van der Waals surface area contributed by atoms with E-state index in [0.29, 0.717) is 18.0 Å². The van der Waals surface area contributed by atoms with Crippen molar-refractivity contribution in [3.63, 3.8) is 0 Å². The Morgan fingerprint density at radius 1 is 1.44 bits per heavy atom. The minimum Gasteiger partial charge on any atom is -0.466 e. The molecule has 0 amide bonds. The van der Waals surface area contributed by atoms with E-state index in [1.165, 1.54) is 12.7 Å². The fourth-order valence-corrected chi connectivity index (χ4v) is 6.15. The highest BCUT2D eigenvalue weighted by Crippen LogP contribution is 2.62. The molecule has 2 fully saturated rings. The summed E-state index contributed by atoms with van der Waals surface area (Å²) in [4.78, 5) is 15.2. The summed E-state index contributed by atoms with van der Waals surface area (Å²) in [6.07, 6.45) is 3.67. The van der Waals surface area contributed by atoms with Crippen LogP contribution >= 0.6 is 0 Å². The van der Waals surface area contributed by atoms with Crippen LogP contribution in [0, 0.1) is 5.92 Å². The lowest BCUT2D eigenvalue weighted by Crippen LogP contribution is -2.48. The number of aliphatic hydroxyl groups is 1. The van der Waals surface area contributed by atoms with E-state index in [1.54, 1.807) is 0 Å². The van der Waals surface area contributed by atoms with Crippen LogP contribution in [0.5, 0.6) is 0 Å². The smallest absolute Gasteiger partial charge is 0.335 e. The molecule has 0 radical (unpaired) electrons. The zero-order chi connectivity index (χ0) is 17.2. The highest BCUT2D eigenvalue weighted by atomic mass is 16.5. The molecular weight excluding hydrogens is 316 g/mol. The van der Waals surface area contributed by atoms with Gasteiger partial charge in [0.05, 0.1) is 18.1 Å². The Labute approximate surface area is 147 Å². The molecule has 1 aromatic rings. The number of esters is 1. The van der Waals surface area contributed by atoms with Crippen molar-refractivity contribution < 1.29 is 14.6 Å². The normalized spacial score (nSPS) is 35.2. The lowest BCUT2D eigenvalue weighted by atomic mass is 9.63. The maximum Gasteiger partial charge on any atom is 0.335 e. The third kappa shape index (κ3) is 1.83. The SMILES string of the molecule is COC(=O)C1=C2Nc3ccccc3C23CCN2C(CCO)CC(C1)C23. The van der Waals surface area contributed by atoms with Crippen molar-refractivity contribution in [1.82, 2.24) is 4.90 Å². The monoisotopic (exact) mass is 340 g/mol. The Bertz CT molecular complexity index is 774. The Balaban J connectivity index is 1.70. The Morgan fingerprint density at radius 2 is 2.28 bits per heavy atom. The van der Waals surface area contributed by atoms with Gasteiger partial charge in [-0.1, -0.05) is 18.2 Å². The van der Waals surface area contributed by atoms with E-state index in [2.05, 4.69) is 28.4 Å². The topological polar surface area (TPSA) is 61.8 Å². The van der Waals surface area contributed by atoms with Crippen LogP contribution in [0.15, 0.2) is 35.5 Å². The van der Waals surface area contributed by atoms with E-state index >= 15 is 0 Å². The first-order valence-electron chi connectivity index (χ1n) is 9.25. The average Bonchev–Trinajstić information content (AvgIpc) is 3.29. The van der Waals surface area contributed by atoms with Gasteiger partial charge in [0.1, 0.15) is 0 Å².